The summed E-state index contributed by atoms with van der Waals surface area (Å²) in [5, 5.41) is 3.72. The third-order valence-corrected chi connectivity index (χ3v) is 5.05. The largest absolute Gasteiger partial charge is 0.381 e. The van der Waals surface area contributed by atoms with Gasteiger partial charge in [-0.25, -0.2) is 0 Å². The van der Waals surface area contributed by atoms with Crippen LogP contribution in [0.5, 0.6) is 0 Å². The third-order valence-electron chi connectivity index (χ3n) is 5.05. The Labute approximate surface area is 122 Å². The average molecular weight is 274 g/mol. The molecule has 0 bridgehead atoms. The van der Waals surface area contributed by atoms with Crippen molar-refractivity contribution in [2.75, 3.05) is 26.7 Å². The van der Waals surface area contributed by atoms with Crippen LogP contribution in [0, 0.1) is 0 Å². The molecule has 110 valence electrons. The van der Waals surface area contributed by atoms with Gasteiger partial charge in [0.2, 0.25) is 0 Å². The smallest absolute Gasteiger partial charge is 0.0586 e. The minimum Gasteiger partial charge on any atom is -0.381 e. The number of nitrogens with one attached hydrogen (secondary N) is 1. The predicted octanol–water partition coefficient (Wildman–Crippen LogP) is 2.37. The van der Waals surface area contributed by atoms with E-state index in [9.17, 15) is 0 Å². The van der Waals surface area contributed by atoms with Crippen LogP contribution in [0.2, 0.25) is 0 Å². The van der Waals surface area contributed by atoms with Crippen LogP contribution < -0.4 is 5.32 Å². The van der Waals surface area contributed by atoms with Gasteiger partial charge in [-0.15, -0.1) is 0 Å². The lowest BCUT2D eigenvalue weighted by Crippen LogP contribution is -2.58. The Kier molecular flexibility index (Phi) is 4.11. The highest BCUT2D eigenvalue weighted by molar-refractivity contribution is 5.25. The molecule has 2 aliphatic rings. The van der Waals surface area contributed by atoms with Crippen LogP contribution in [0.3, 0.4) is 0 Å². The molecule has 3 heteroatoms. The van der Waals surface area contributed by atoms with Crippen molar-refractivity contribution in [3.05, 3.63) is 35.9 Å². The molecule has 1 aliphatic heterocycles. The maximum absolute atomic E-state index is 5.53. The van der Waals surface area contributed by atoms with Gasteiger partial charge >= 0.3 is 0 Å². The van der Waals surface area contributed by atoms with Gasteiger partial charge in [0.25, 0.3) is 0 Å². The second-order valence-electron chi connectivity index (χ2n) is 6.42. The fraction of sp³-hybridized carbons (Fsp3) is 0.647. The van der Waals surface area contributed by atoms with Crippen molar-refractivity contribution >= 4 is 0 Å². The molecule has 1 aliphatic carbocycles. The van der Waals surface area contributed by atoms with Gasteiger partial charge in [0.05, 0.1) is 11.6 Å². The van der Waals surface area contributed by atoms with Crippen molar-refractivity contribution in [3.8, 4) is 0 Å². The standard InChI is InChI=1S/C17H26N2O/c1-17(14-6-4-3-5-7-14)13-19(11-10-18-17)15-8-9-16(12-15)20-2/h3-7,15-16,18H,8-13H2,1-2H3. The Balaban J connectivity index is 1.70. The summed E-state index contributed by atoms with van der Waals surface area (Å²) in [5.41, 5.74) is 1.47. The van der Waals surface area contributed by atoms with E-state index in [0.717, 1.165) is 19.6 Å². The fourth-order valence-electron chi connectivity index (χ4n) is 3.79. The van der Waals surface area contributed by atoms with Gasteiger partial charge in [0.15, 0.2) is 0 Å². The van der Waals surface area contributed by atoms with Crippen molar-refractivity contribution < 1.29 is 4.74 Å². The minimum atomic E-state index is 0.0741. The summed E-state index contributed by atoms with van der Waals surface area (Å²) >= 11 is 0. The predicted molar refractivity (Wildman–Crippen MR) is 81.8 cm³/mol. The van der Waals surface area contributed by atoms with Crippen molar-refractivity contribution in [1.29, 1.82) is 0 Å². The van der Waals surface area contributed by atoms with Gasteiger partial charge in [0, 0.05) is 32.8 Å². The summed E-state index contributed by atoms with van der Waals surface area (Å²) in [4.78, 5) is 2.67. The summed E-state index contributed by atoms with van der Waals surface area (Å²) < 4.78 is 5.53. The number of benzene rings is 1. The molecule has 3 unspecified atom stereocenters. The highest BCUT2D eigenvalue weighted by atomic mass is 16.5. The molecule has 2 fully saturated rings. The van der Waals surface area contributed by atoms with E-state index < -0.39 is 0 Å². The number of hydrogen-bond acceptors (Lipinski definition) is 3. The topological polar surface area (TPSA) is 24.5 Å². The van der Waals surface area contributed by atoms with Crippen molar-refractivity contribution in [1.82, 2.24) is 10.2 Å². The SMILES string of the molecule is COC1CCC(N2CCNC(C)(c3ccccc3)C2)C1. The highest BCUT2D eigenvalue weighted by Gasteiger charge is 2.37. The van der Waals surface area contributed by atoms with Gasteiger partial charge in [0.1, 0.15) is 0 Å². The lowest BCUT2D eigenvalue weighted by molar-refractivity contribution is 0.0747. The molecule has 20 heavy (non-hydrogen) atoms. The van der Waals surface area contributed by atoms with Crippen LogP contribution in [0.25, 0.3) is 0 Å². The molecular formula is C17H26N2O. The van der Waals surface area contributed by atoms with E-state index >= 15 is 0 Å². The van der Waals surface area contributed by atoms with Crippen molar-refractivity contribution in [2.45, 2.75) is 43.9 Å². The Morgan fingerprint density at radius 1 is 1.25 bits per heavy atom. The molecule has 0 radical (unpaired) electrons. The molecule has 1 heterocycles. The third kappa shape index (κ3) is 2.76. The summed E-state index contributed by atoms with van der Waals surface area (Å²) in [6, 6.07) is 11.5. The first kappa shape index (κ1) is 14.1. The summed E-state index contributed by atoms with van der Waals surface area (Å²) in [6.45, 7) is 5.65. The number of rotatable bonds is 3. The minimum absolute atomic E-state index is 0.0741. The number of piperazine rings is 1. The Morgan fingerprint density at radius 2 is 2.05 bits per heavy atom. The maximum Gasteiger partial charge on any atom is 0.0586 e. The Morgan fingerprint density at radius 3 is 2.75 bits per heavy atom. The monoisotopic (exact) mass is 274 g/mol. The summed E-state index contributed by atoms with van der Waals surface area (Å²) in [7, 11) is 1.85. The highest BCUT2D eigenvalue weighted by Crippen LogP contribution is 2.31. The molecule has 3 rings (SSSR count). The first-order valence-electron chi connectivity index (χ1n) is 7.79. The van der Waals surface area contributed by atoms with E-state index in [1.165, 1.54) is 24.8 Å². The number of methoxy groups -OCH3 is 1. The maximum atomic E-state index is 5.53. The van der Waals surface area contributed by atoms with E-state index in [4.69, 9.17) is 4.74 Å². The van der Waals surface area contributed by atoms with Crippen molar-refractivity contribution in [2.24, 2.45) is 0 Å². The van der Waals surface area contributed by atoms with E-state index in [-0.39, 0.29) is 5.54 Å². The molecule has 1 N–H and O–H groups in total. The van der Waals surface area contributed by atoms with Gasteiger partial charge in [-0.2, -0.15) is 0 Å². The van der Waals surface area contributed by atoms with E-state index in [1.807, 2.05) is 7.11 Å². The zero-order valence-electron chi connectivity index (χ0n) is 12.6. The van der Waals surface area contributed by atoms with Gasteiger partial charge in [-0.3, -0.25) is 4.90 Å². The number of ether oxygens (including phenoxy) is 1. The van der Waals surface area contributed by atoms with Crippen LogP contribution in [0.4, 0.5) is 0 Å². The molecule has 0 aromatic heterocycles. The molecular weight excluding hydrogens is 248 g/mol. The van der Waals surface area contributed by atoms with Gasteiger partial charge in [-0.1, -0.05) is 30.3 Å². The number of hydrogen-bond donors (Lipinski definition) is 1. The van der Waals surface area contributed by atoms with Crippen LogP contribution >= 0.6 is 0 Å². The number of nitrogens with zero attached hydrogens (tertiary/aromatic N) is 1. The second kappa shape index (κ2) is 5.84. The molecule has 1 aromatic carbocycles. The molecule has 1 saturated carbocycles. The zero-order chi connectivity index (χ0) is 14.0. The molecule has 1 saturated heterocycles. The van der Waals surface area contributed by atoms with Gasteiger partial charge < -0.3 is 10.1 Å². The van der Waals surface area contributed by atoms with Crippen LogP contribution in [0.1, 0.15) is 31.7 Å². The zero-order valence-corrected chi connectivity index (χ0v) is 12.6. The normalized spacial score (nSPS) is 35.3. The van der Waals surface area contributed by atoms with Crippen LogP contribution in [-0.2, 0) is 10.3 Å². The quantitative estimate of drug-likeness (QED) is 0.916. The Hall–Kier alpha value is -0.900. The van der Waals surface area contributed by atoms with E-state index in [1.54, 1.807) is 0 Å². The van der Waals surface area contributed by atoms with Crippen molar-refractivity contribution in [3.63, 3.8) is 0 Å². The molecule has 3 atom stereocenters. The average Bonchev–Trinajstić information content (AvgIpc) is 2.97. The summed E-state index contributed by atoms with van der Waals surface area (Å²) in [6.07, 6.45) is 4.16. The van der Waals surface area contributed by atoms with Crippen LogP contribution in [0.15, 0.2) is 30.3 Å². The molecule has 3 nitrogen and oxygen atoms in total. The lowest BCUT2D eigenvalue weighted by atomic mass is 9.89. The summed E-state index contributed by atoms with van der Waals surface area (Å²) in [5.74, 6) is 0. The van der Waals surface area contributed by atoms with E-state index in [2.05, 4.69) is 47.5 Å². The van der Waals surface area contributed by atoms with E-state index in [0.29, 0.717) is 12.1 Å². The Bertz CT molecular complexity index is 436. The van der Waals surface area contributed by atoms with Gasteiger partial charge in [-0.05, 0) is 31.7 Å². The fourth-order valence-corrected chi connectivity index (χ4v) is 3.79. The first-order chi connectivity index (χ1) is 9.71. The molecule has 0 amide bonds. The first-order valence-corrected chi connectivity index (χ1v) is 7.79. The molecule has 0 spiro atoms. The lowest BCUT2D eigenvalue weighted by Gasteiger charge is -2.44. The van der Waals surface area contributed by atoms with Crippen LogP contribution in [-0.4, -0.2) is 43.8 Å². The molecule has 1 aromatic rings. The second-order valence-corrected chi connectivity index (χ2v) is 6.42.